The van der Waals surface area contributed by atoms with E-state index in [9.17, 15) is 4.79 Å². The van der Waals surface area contributed by atoms with Gasteiger partial charge < -0.3 is 9.47 Å². The molecule has 2 aromatic carbocycles. The van der Waals surface area contributed by atoms with Crippen molar-refractivity contribution in [3.8, 4) is 0 Å². The first-order chi connectivity index (χ1) is 12.1. The largest absolute Gasteiger partial charge is 0.340 e. The lowest BCUT2D eigenvalue weighted by Gasteiger charge is -2.22. The summed E-state index contributed by atoms with van der Waals surface area (Å²) in [6, 6.07) is 16.7. The Hall–Kier alpha value is -2.07. The molecule has 0 bridgehead atoms. The van der Waals surface area contributed by atoms with E-state index < -0.39 is 0 Å². The van der Waals surface area contributed by atoms with Crippen molar-refractivity contribution in [3.05, 3.63) is 69.8 Å². The molecule has 3 nitrogen and oxygen atoms in total. The lowest BCUT2D eigenvalue weighted by molar-refractivity contribution is 0.0777. The highest BCUT2D eigenvalue weighted by Crippen LogP contribution is 2.32. The molecule has 3 aromatic rings. The molecule has 4 rings (SSSR count). The van der Waals surface area contributed by atoms with E-state index in [1.165, 1.54) is 16.5 Å². The van der Waals surface area contributed by atoms with E-state index in [0.717, 1.165) is 41.5 Å². The molecule has 0 saturated heterocycles. The number of hydrogen-bond acceptors (Lipinski definition) is 1. The van der Waals surface area contributed by atoms with Crippen LogP contribution < -0.4 is 0 Å². The molecule has 1 amide bonds. The van der Waals surface area contributed by atoms with E-state index in [1.807, 2.05) is 18.0 Å². The summed E-state index contributed by atoms with van der Waals surface area (Å²) in [6.45, 7) is 1.54. The minimum Gasteiger partial charge on any atom is -0.340 e. The normalized spacial score (nSPS) is 15.1. The number of amides is 1. The second-order valence-corrected chi connectivity index (χ2v) is 7.66. The van der Waals surface area contributed by atoms with Gasteiger partial charge in [-0.3, -0.25) is 4.79 Å². The highest BCUT2D eigenvalue weighted by Gasteiger charge is 2.26. The summed E-state index contributed by atoms with van der Waals surface area (Å²) in [5.74, 6) is 0.137. The van der Waals surface area contributed by atoms with E-state index in [1.54, 1.807) is 0 Å². The van der Waals surface area contributed by atoms with Crippen LogP contribution in [0, 0.1) is 0 Å². The van der Waals surface area contributed by atoms with Crippen molar-refractivity contribution in [2.75, 3.05) is 13.6 Å². The molecule has 0 aliphatic carbocycles. The number of carbonyl (C=O) groups is 1. The van der Waals surface area contributed by atoms with Gasteiger partial charge in [0.15, 0.2) is 0 Å². The Kier molecular flexibility index (Phi) is 4.38. The number of aryl methyl sites for hydroxylation is 1. The quantitative estimate of drug-likeness (QED) is 0.606. The Morgan fingerprint density at radius 3 is 2.68 bits per heavy atom. The molecule has 0 spiro atoms. The maximum Gasteiger partial charge on any atom is 0.270 e. The number of halogens is 1. The molecule has 25 heavy (non-hydrogen) atoms. The van der Waals surface area contributed by atoms with Gasteiger partial charge in [0.2, 0.25) is 0 Å². The molecule has 0 atom stereocenters. The van der Waals surface area contributed by atoms with Crippen molar-refractivity contribution < 1.29 is 4.79 Å². The lowest BCUT2D eigenvalue weighted by atomic mass is 10.0. The molecule has 1 aromatic heterocycles. The Morgan fingerprint density at radius 2 is 1.88 bits per heavy atom. The summed E-state index contributed by atoms with van der Waals surface area (Å²) in [4.78, 5) is 15.0. The maximum absolute atomic E-state index is 13.1. The van der Waals surface area contributed by atoms with E-state index >= 15 is 0 Å². The topological polar surface area (TPSA) is 25.2 Å². The van der Waals surface area contributed by atoms with Crippen LogP contribution in [-0.2, 0) is 13.0 Å². The van der Waals surface area contributed by atoms with Crippen LogP contribution in [0.15, 0.2) is 53.0 Å². The summed E-state index contributed by atoms with van der Waals surface area (Å²) < 4.78 is 3.26. The predicted molar refractivity (Wildman–Crippen MR) is 105 cm³/mol. The molecule has 4 heteroatoms. The highest BCUT2D eigenvalue weighted by molar-refractivity contribution is 9.10. The third-order valence-corrected chi connectivity index (χ3v) is 5.53. The van der Waals surface area contributed by atoms with Crippen molar-refractivity contribution in [2.45, 2.75) is 25.8 Å². The van der Waals surface area contributed by atoms with Crippen molar-refractivity contribution in [1.29, 1.82) is 0 Å². The minimum absolute atomic E-state index is 0.137. The maximum atomic E-state index is 13.1. The molecule has 0 unspecified atom stereocenters. The molecule has 0 fully saturated rings. The second-order valence-electron chi connectivity index (χ2n) is 6.74. The van der Waals surface area contributed by atoms with Gasteiger partial charge in [-0.25, -0.2) is 0 Å². The average Bonchev–Trinajstić information content (AvgIpc) is 2.90. The van der Waals surface area contributed by atoms with E-state index in [4.69, 9.17) is 0 Å². The van der Waals surface area contributed by atoms with Crippen molar-refractivity contribution >= 4 is 32.7 Å². The molecule has 2 heterocycles. The van der Waals surface area contributed by atoms with Gasteiger partial charge in [-0.15, -0.1) is 0 Å². The van der Waals surface area contributed by atoms with Crippen LogP contribution in [-0.4, -0.2) is 29.0 Å². The van der Waals surface area contributed by atoms with E-state index in [-0.39, 0.29) is 5.91 Å². The van der Waals surface area contributed by atoms with Gasteiger partial charge >= 0.3 is 0 Å². The van der Waals surface area contributed by atoms with Gasteiger partial charge in [0.05, 0.1) is 0 Å². The van der Waals surface area contributed by atoms with Crippen LogP contribution in [0.2, 0.25) is 0 Å². The standard InChI is InChI=1S/C21H21BrN2O/c1-23-12-6-5-9-17-18-13-16(22)10-11-19(18)24(20(17)21(23)25)14-15-7-3-2-4-8-15/h2-4,7-8,10-11,13H,5-6,9,12,14H2,1H3. The Balaban J connectivity index is 1.96. The molecule has 1 aliphatic heterocycles. The molecule has 128 valence electrons. The number of benzene rings is 2. The number of fused-ring (bicyclic) bond motifs is 3. The van der Waals surface area contributed by atoms with Crippen LogP contribution in [0.5, 0.6) is 0 Å². The number of rotatable bonds is 2. The van der Waals surface area contributed by atoms with Gasteiger partial charge in [0.1, 0.15) is 5.69 Å². The van der Waals surface area contributed by atoms with Gasteiger partial charge in [0.25, 0.3) is 5.91 Å². The molecule has 0 radical (unpaired) electrons. The highest BCUT2D eigenvalue weighted by atomic mass is 79.9. The number of carbonyl (C=O) groups excluding carboxylic acids is 1. The average molecular weight is 397 g/mol. The fourth-order valence-corrected chi connectivity index (χ4v) is 4.12. The SMILES string of the molecule is CN1CCCCc2c(n(Cc3ccccc3)c3ccc(Br)cc23)C1=O. The summed E-state index contributed by atoms with van der Waals surface area (Å²) >= 11 is 3.59. The van der Waals surface area contributed by atoms with Crippen LogP contribution in [0.3, 0.4) is 0 Å². The lowest BCUT2D eigenvalue weighted by Crippen LogP contribution is -2.32. The zero-order valence-electron chi connectivity index (χ0n) is 14.3. The summed E-state index contributed by atoms with van der Waals surface area (Å²) in [5, 5.41) is 1.20. The number of aromatic nitrogens is 1. The van der Waals surface area contributed by atoms with Gasteiger partial charge in [-0.2, -0.15) is 0 Å². The Morgan fingerprint density at radius 1 is 1.08 bits per heavy atom. The number of nitrogens with zero attached hydrogens (tertiary/aromatic N) is 2. The Bertz CT molecular complexity index is 930. The smallest absolute Gasteiger partial charge is 0.270 e. The summed E-state index contributed by atoms with van der Waals surface area (Å²) in [5.41, 5.74) is 4.41. The van der Waals surface area contributed by atoms with E-state index in [2.05, 4.69) is 63.0 Å². The summed E-state index contributed by atoms with van der Waals surface area (Å²) in [7, 11) is 1.91. The summed E-state index contributed by atoms with van der Waals surface area (Å²) in [6.07, 6.45) is 3.13. The minimum atomic E-state index is 0.137. The molecule has 0 saturated carbocycles. The van der Waals surface area contributed by atoms with Crippen LogP contribution in [0.1, 0.15) is 34.5 Å². The fraction of sp³-hybridized carbons (Fsp3) is 0.286. The van der Waals surface area contributed by atoms with E-state index in [0.29, 0.717) is 6.54 Å². The van der Waals surface area contributed by atoms with Crippen molar-refractivity contribution in [1.82, 2.24) is 9.47 Å². The fourth-order valence-electron chi connectivity index (χ4n) is 3.76. The van der Waals surface area contributed by atoms with Gasteiger partial charge in [-0.05, 0) is 48.6 Å². The van der Waals surface area contributed by atoms with Crippen molar-refractivity contribution in [2.24, 2.45) is 0 Å². The van der Waals surface area contributed by atoms with Crippen LogP contribution >= 0.6 is 15.9 Å². The molecular formula is C21H21BrN2O. The zero-order chi connectivity index (χ0) is 17.4. The third kappa shape index (κ3) is 2.99. The first-order valence-corrected chi connectivity index (χ1v) is 9.54. The Labute approximate surface area is 156 Å². The zero-order valence-corrected chi connectivity index (χ0v) is 15.9. The monoisotopic (exact) mass is 396 g/mol. The predicted octanol–water partition coefficient (Wildman–Crippen LogP) is 4.86. The van der Waals surface area contributed by atoms with Crippen LogP contribution in [0.4, 0.5) is 0 Å². The van der Waals surface area contributed by atoms with Crippen LogP contribution in [0.25, 0.3) is 10.9 Å². The molecular weight excluding hydrogens is 376 g/mol. The first kappa shape index (κ1) is 16.4. The molecule has 0 N–H and O–H groups in total. The second kappa shape index (κ2) is 6.68. The third-order valence-electron chi connectivity index (χ3n) is 5.03. The van der Waals surface area contributed by atoms with Gasteiger partial charge in [0, 0.05) is 35.5 Å². The molecule has 1 aliphatic rings. The van der Waals surface area contributed by atoms with Gasteiger partial charge in [-0.1, -0.05) is 46.3 Å². The number of hydrogen-bond donors (Lipinski definition) is 0. The van der Waals surface area contributed by atoms with Crippen molar-refractivity contribution in [3.63, 3.8) is 0 Å². The first-order valence-electron chi connectivity index (χ1n) is 8.75.